The zero-order valence-corrected chi connectivity index (χ0v) is 18.7. The third-order valence-electron chi connectivity index (χ3n) is 4.98. The van der Waals surface area contributed by atoms with Crippen LogP contribution in [0.5, 0.6) is 5.75 Å². The predicted octanol–water partition coefficient (Wildman–Crippen LogP) is 5.39. The number of carbonyl (C=O) groups is 2. The molecule has 0 aliphatic heterocycles. The van der Waals surface area contributed by atoms with Gasteiger partial charge in [0.25, 0.3) is 0 Å². The number of guanidine groups is 1. The molecule has 0 radical (unpaired) electrons. The lowest BCUT2D eigenvalue weighted by Gasteiger charge is -2.12. The van der Waals surface area contributed by atoms with E-state index >= 15 is 0 Å². The van der Waals surface area contributed by atoms with Gasteiger partial charge in [0.1, 0.15) is 19.0 Å². The van der Waals surface area contributed by atoms with Crippen molar-refractivity contribution < 1.29 is 24.2 Å². The van der Waals surface area contributed by atoms with E-state index in [0.29, 0.717) is 16.5 Å². The summed E-state index contributed by atoms with van der Waals surface area (Å²) in [6.45, 7) is 0.0844. The van der Waals surface area contributed by atoms with Gasteiger partial charge in [0.15, 0.2) is 0 Å². The molecule has 0 aliphatic carbocycles. The van der Waals surface area contributed by atoms with Crippen molar-refractivity contribution in [2.45, 2.75) is 13.2 Å². The van der Waals surface area contributed by atoms with Crippen molar-refractivity contribution in [3.63, 3.8) is 0 Å². The van der Waals surface area contributed by atoms with E-state index in [1.807, 2.05) is 60.7 Å². The van der Waals surface area contributed by atoms with Crippen LogP contribution in [-0.2, 0) is 22.7 Å². The number of aromatic hydroxyl groups is 1. The highest BCUT2D eigenvalue weighted by molar-refractivity contribution is 6.05. The van der Waals surface area contributed by atoms with E-state index in [4.69, 9.17) is 9.47 Å². The Bertz CT molecular complexity index is 1280. The van der Waals surface area contributed by atoms with Crippen LogP contribution in [0, 0.1) is 0 Å². The number of nitrogens with zero attached hydrogens (tertiary/aromatic N) is 1. The molecular formula is C27H23N3O5. The molecule has 0 unspecified atom stereocenters. The maximum absolute atomic E-state index is 12.4. The Morgan fingerprint density at radius 3 is 1.69 bits per heavy atom. The van der Waals surface area contributed by atoms with Gasteiger partial charge in [0.05, 0.1) is 5.69 Å². The summed E-state index contributed by atoms with van der Waals surface area (Å²) in [6.07, 6.45) is -1.61. The Labute approximate surface area is 201 Å². The van der Waals surface area contributed by atoms with Crippen LogP contribution >= 0.6 is 0 Å². The van der Waals surface area contributed by atoms with Crippen LogP contribution in [0.3, 0.4) is 0 Å². The molecule has 0 aromatic heterocycles. The molecule has 3 N–H and O–H groups in total. The van der Waals surface area contributed by atoms with Gasteiger partial charge in [-0.1, -0.05) is 84.9 Å². The monoisotopic (exact) mass is 469 g/mol. The maximum Gasteiger partial charge on any atom is 0.414 e. The van der Waals surface area contributed by atoms with Gasteiger partial charge >= 0.3 is 12.2 Å². The molecule has 0 saturated carbocycles. The normalized spacial score (nSPS) is 10.3. The Morgan fingerprint density at radius 2 is 1.14 bits per heavy atom. The molecule has 176 valence electrons. The highest BCUT2D eigenvalue weighted by Gasteiger charge is 2.14. The van der Waals surface area contributed by atoms with Crippen LogP contribution in [0.4, 0.5) is 15.3 Å². The first-order chi connectivity index (χ1) is 17.1. The number of phenols is 1. The van der Waals surface area contributed by atoms with Crippen LogP contribution in [0.15, 0.2) is 102 Å². The Hall–Kier alpha value is -4.85. The summed E-state index contributed by atoms with van der Waals surface area (Å²) in [5.74, 6) is -0.0940. The van der Waals surface area contributed by atoms with Crippen LogP contribution < -0.4 is 10.6 Å². The summed E-state index contributed by atoms with van der Waals surface area (Å²) >= 11 is 0. The predicted molar refractivity (Wildman–Crippen MR) is 132 cm³/mol. The van der Waals surface area contributed by atoms with Gasteiger partial charge in [-0.25, -0.2) is 14.6 Å². The molecule has 2 amide bonds. The summed E-state index contributed by atoms with van der Waals surface area (Å²) in [5.41, 5.74) is 2.03. The minimum atomic E-state index is -0.806. The van der Waals surface area contributed by atoms with Gasteiger partial charge in [0, 0.05) is 10.8 Å². The third kappa shape index (κ3) is 6.58. The topological polar surface area (TPSA) is 109 Å². The van der Waals surface area contributed by atoms with Crippen molar-refractivity contribution in [3.05, 3.63) is 108 Å². The first kappa shape index (κ1) is 23.3. The molecule has 8 nitrogen and oxygen atoms in total. The minimum Gasteiger partial charge on any atom is -0.507 e. The number of rotatable bonds is 5. The Morgan fingerprint density at radius 1 is 0.657 bits per heavy atom. The number of hydrogen-bond acceptors (Lipinski definition) is 6. The fraction of sp³-hybridized carbons (Fsp3) is 0.0741. The molecule has 0 heterocycles. The van der Waals surface area contributed by atoms with E-state index < -0.39 is 12.2 Å². The number of ether oxygens (including phenoxy) is 2. The molecule has 0 saturated heterocycles. The van der Waals surface area contributed by atoms with E-state index in [-0.39, 0.29) is 24.9 Å². The summed E-state index contributed by atoms with van der Waals surface area (Å²) in [4.78, 5) is 29.3. The standard InChI is InChI=1S/C27H23N3O5/c31-24-16-15-23(21-13-7-8-14-22(21)24)28-25(29-26(32)34-17-19-9-3-1-4-10-19)30-27(33)35-18-20-11-5-2-6-12-20/h1-16,31H,17-18H2,(H2,28,29,30,32,33). The molecule has 0 spiro atoms. The Balaban J connectivity index is 1.52. The van der Waals surface area contributed by atoms with Crippen molar-refractivity contribution in [1.82, 2.24) is 10.6 Å². The number of aliphatic imine (C=N–C) groups is 1. The number of nitrogens with one attached hydrogen (secondary N) is 2. The number of hydrogen-bond donors (Lipinski definition) is 3. The van der Waals surface area contributed by atoms with Crippen LogP contribution in [-0.4, -0.2) is 23.3 Å². The van der Waals surface area contributed by atoms with Gasteiger partial charge in [-0.05, 0) is 23.3 Å². The zero-order chi connectivity index (χ0) is 24.5. The second-order valence-electron chi connectivity index (χ2n) is 7.48. The van der Waals surface area contributed by atoms with E-state index in [1.165, 1.54) is 6.07 Å². The highest BCUT2D eigenvalue weighted by Crippen LogP contribution is 2.32. The van der Waals surface area contributed by atoms with E-state index in [1.54, 1.807) is 30.3 Å². The van der Waals surface area contributed by atoms with Crippen LogP contribution in [0.2, 0.25) is 0 Å². The van der Waals surface area contributed by atoms with Gasteiger partial charge in [-0.3, -0.25) is 10.6 Å². The SMILES string of the molecule is O=C(NC(=Nc1ccc(O)c2ccccc12)NC(=O)OCc1ccccc1)OCc1ccccc1. The summed E-state index contributed by atoms with van der Waals surface area (Å²) in [6, 6.07) is 28.5. The lowest BCUT2D eigenvalue weighted by atomic mass is 10.1. The maximum atomic E-state index is 12.4. The average Bonchev–Trinajstić information content (AvgIpc) is 2.89. The van der Waals surface area contributed by atoms with E-state index in [9.17, 15) is 14.7 Å². The third-order valence-corrected chi connectivity index (χ3v) is 4.98. The van der Waals surface area contributed by atoms with Gasteiger partial charge in [-0.15, -0.1) is 0 Å². The van der Waals surface area contributed by atoms with Crippen LogP contribution in [0.1, 0.15) is 11.1 Å². The number of benzene rings is 4. The molecule has 0 fully saturated rings. The molecular weight excluding hydrogens is 446 g/mol. The molecule has 0 atom stereocenters. The summed E-state index contributed by atoms with van der Waals surface area (Å²) < 4.78 is 10.5. The molecule has 0 bridgehead atoms. The van der Waals surface area contributed by atoms with E-state index in [0.717, 1.165) is 11.1 Å². The number of fused-ring (bicyclic) bond motifs is 1. The lowest BCUT2D eigenvalue weighted by molar-refractivity contribution is 0.141. The fourth-order valence-electron chi connectivity index (χ4n) is 3.28. The average molecular weight is 469 g/mol. The summed E-state index contributed by atoms with van der Waals surface area (Å²) in [5, 5.41) is 16.3. The Kier molecular flexibility index (Phi) is 7.55. The molecule has 8 heteroatoms. The largest absolute Gasteiger partial charge is 0.507 e. The van der Waals surface area contributed by atoms with Gasteiger partial charge < -0.3 is 14.6 Å². The summed E-state index contributed by atoms with van der Waals surface area (Å²) in [7, 11) is 0. The molecule has 35 heavy (non-hydrogen) atoms. The van der Waals surface area contributed by atoms with Crippen molar-refractivity contribution in [3.8, 4) is 5.75 Å². The zero-order valence-electron chi connectivity index (χ0n) is 18.7. The molecule has 4 aromatic rings. The highest BCUT2D eigenvalue weighted by atomic mass is 16.6. The quantitative estimate of drug-likeness (QED) is 0.268. The minimum absolute atomic E-state index is 0.0422. The van der Waals surface area contributed by atoms with E-state index in [2.05, 4.69) is 15.6 Å². The van der Waals surface area contributed by atoms with Gasteiger partial charge in [-0.2, -0.15) is 0 Å². The molecule has 4 aromatic carbocycles. The van der Waals surface area contributed by atoms with Crippen molar-refractivity contribution in [1.29, 1.82) is 0 Å². The first-order valence-electron chi connectivity index (χ1n) is 10.8. The second-order valence-corrected chi connectivity index (χ2v) is 7.48. The van der Waals surface area contributed by atoms with Crippen molar-refractivity contribution >= 4 is 34.6 Å². The number of alkyl carbamates (subject to hydrolysis) is 2. The number of carbonyl (C=O) groups excluding carboxylic acids is 2. The van der Waals surface area contributed by atoms with Crippen LogP contribution in [0.25, 0.3) is 10.8 Å². The molecule has 4 rings (SSSR count). The smallest absolute Gasteiger partial charge is 0.414 e. The number of phenolic OH excluding ortho intramolecular Hbond substituents is 1. The van der Waals surface area contributed by atoms with Gasteiger partial charge in [0.2, 0.25) is 5.96 Å². The van der Waals surface area contributed by atoms with Crippen molar-refractivity contribution in [2.24, 2.45) is 4.99 Å². The lowest BCUT2D eigenvalue weighted by Crippen LogP contribution is -2.44. The first-order valence-corrected chi connectivity index (χ1v) is 10.8. The molecule has 0 aliphatic rings. The van der Waals surface area contributed by atoms with Crippen molar-refractivity contribution in [2.75, 3.05) is 0 Å². The number of amides is 2. The second kappa shape index (κ2) is 11.3. The fourth-order valence-corrected chi connectivity index (χ4v) is 3.28.